The standard InChI is InChI=1S/C29H21BrINO4/c1-2-34-26-15-19(13-24(31)27(26)35-17-18-6-5-9-23(30)12-18)14-25-29(33)36-28(32-25)22-11-10-20-7-3-4-8-21(20)16-22/h3-16H,2,17H2,1H3/b25-14-. The van der Waals surface area contributed by atoms with Gasteiger partial charge in [0, 0.05) is 10.0 Å². The van der Waals surface area contributed by atoms with Gasteiger partial charge in [0.2, 0.25) is 5.90 Å². The molecule has 5 rings (SSSR count). The van der Waals surface area contributed by atoms with E-state index >= 15 is 0 Å². The number of benzene rings is 4. The van der Waals surface area contributed by atoms with Crippen LogP contribution in [0.2, 0.25) is 0 Å². The lowest BCUT2D eigenvalue weighted by Crippen LogP contribution is -2.05. The Morgan fingerprint density at radius 1 is 0.972 bits per heavy atom. The second-order valence-electron chi connectivity index (χ2n) is 8.08. The molecule has 7 heteroatoms. The second-order valence-corrected chi connectivity index (χ2v) is 10.2. The minimum atomic E-state index is -0.485. The number of carbonyl (C=O) groups is 1. The molecule has 0 amide bonds. The molecule has 0 fully saturated rings. The summed E-state index contributed by atoms with van der Waals surface area (Å²) in [4.78, 5) is 17.1. The highest BCUT2D eigenvalue weighted by molar-refractivity contribution is 14.1. The number of cyclic esters (lactones) is 1. The van der Waals surface area contributed by atoms with Crippen LogP contribution in [0.5, 0.6) is 11.5 Å². The molecule has 5 nitrogen and oxygen atoms in total. The number of aliphatic imine (C=N–C) groups is 1. The van der Waals surface area contributed by atoms with Gasteiger partial charge in [-0.3, -0.25) is 0 Å². The van der Waals surface area contributed by atoms with Gasteiger partial charge in [-0.15, -0.1) is 0 Å². The number of hydrogen-bond donors (Lipinski definition) is 0. The predicted octanol–water partition coefficient (Wildman–Crippen LogP) is 7.53. The van der Waals surface area contributed by atoms with E-state index < -0.39 is 5.97 Å². The zero-order valence-electron chi connectivity index (χ0n) is 19.3. The van der Waals surface area contributed by atoms with Gasteiger partial charge >= 0.3 is 5.97 Å². The van der Waals surface area contributed by atoms with E-state index in [2.05, 4.69) is 43.5 Å². The van der Waals surface area contributed by atoms with E-state index in [-0.39, 0.29) is 5.70 Å². The molecule has 0 N–H and O–H groups in total. The van der Waals surface area contributed by atoms with E-state index in [1.165, 1.54) is 0 Å². The van der Waals surface area contributed by atoms with Gasteiger partial charge < -0.3 is 14.2 Å². The lowest BCUT2D eigenvalue weighted by atomic mass is 10.1. The van der Waals surface area contributed by atoms with Crippen molar-refractivity contribution in [2.75, 3.05) is 6.61 Å². The Morgan fingerprint density at radius 3 is 2.61 bits per heavy atom. The molecular weight excluding hydrogens is 633 g/mol. The highest BCUT2D eigenvalue weighted by Crippen LogP contribution is 2.36. The average molecular weight is 654 g/mol. The number of rotatable bonds is 7. The second kappa shape index (κ2) is 10.8. The van der Waals surface area contributed by atoms with Crippen LogP contribution >= 0.6 is 38.5 Å². The van der Waals surface area contributed by atoms with E-state index in [1.54, 1.807) is 6.08 Å². The van der Waals surface area contributed by atoms with Crippen molar-refractivity contribution < 1.29 is 19.0 Å². The molecule has 0 aliphatic carbocycles. The number of esters is 1. The maximum absolute atomic E-state index is 12.6. The van der Waals surface area contributed by atoms with Crippen LogP contribution in [0, 0.1) is 3.57 Å². The Hall–Kier alpha value is -3.17. The SMILES string of the molecule is CCOc1cc(/C=C2\N=C(c3ccc4ccccc4c3)OC2=O)cc(I)c1OCc1cccc(Br)c1. The predicted molar refractivity (Wildman–Crippen MR) is 153 cm³/mol. The smallest absolute Gasteiger partial charge is 0.363 e. The number of halogens is 2. The minimum absolute atomic E-state index is 0.235. The van der Waals surface area contributed by atoms with Gasteiger partial charge in [-0.2, -0.15) is 0 Å². The lowest BCUT2D eigenvalue weighted by molar-refractivity contribution is -0.129. The molecule has 0 spiro atoms. The molecule has 0 unspecified atom stereocenters. The van der Waals surface area contributed by atoms with Crippen LogP contribution in [-0.4, -0.2) is 18.5 Å². The molecule has 1 heterocycles. The Labute approximate surface area is 231 Å². The number of carbonyl (C=O) groups excluding carboxylic acids is 1. The fourth-order valence-electron chi connectivity index (χ4n) is 3.87. The largest absolute Gasteiger partial charge is 0.490 e. The maximum atomic E-state index is 12.6. The van der Waals surface area contributed by atoms with Crippen molar-refractivity contribution in [1.29, 1.82) is 0 Å². The fraction of sp³-hybridized carbons (Fsp3) is 0.103. The summed E-state index contributed by atoms with van der Waals surface area (Å²) in [5.74, 6) is 1.08. The van der Waals surface area contributed by atoms with E-state index in [0.717, 1.165) is 35.5 Å². The van der Waals surface area contributed by atoms with Gasteiger partial charge in [0.15, 0.2) is 17.2 Å². The van der Waals surface area contributed by atoms with Crippen molar-refractivity contribution in [3.63, 3.8) is 0 Å². The Morgan fingerprint density at radius 2 is 1.81 bits per heavy atom. The molecule has 4 aromatic rings. The quantitative estimate of drug-likeness (QED) is 0.118. The van der Waals surface area contributed by atoms with Crippen molar-refractivity contribution in [2.45, 2.75) is 13.5 Å². The van der Waals surface area contributed by atoms with Crippen molar-refractivity contribution in [3.05, 3.63) is 109 Å². The van der Waals surface area contributed by atoms with Crippen LogP contribution in [0.4, 0.5) is 0 Å². The molecule has 0 bridgehead atoms. The third-order valence-electron chi connectivity index (χ3n) is 5.52. The molecule has 0 radical (unpaired) electrons. The van der Waals surface area contributed by atoms with Gasteiger partial charge in [-0.1, -0.05) is 58.4 Å². The van der Waals surface area contributed by atoms with Crippen LogP contribution in [0.15, 0.2) is 94.0 Å². The van der Waals surface area contributed by atoms with Gasteiger partial charge in [-0.25, -0.2) is 9.79 Å². The summed E-state index contributed by atoms with van der Waals surface area (Å²) in [5.41, 5.74) is 2.80. The Kier molecular flexibility index (Phi) is 7.38. The van der Waals surface area contributed by atoms with Crippen LogP contribution in [0.25, 0.3) is 16.8 Å². The lowest BCUT2D eigenvalue weighted by Gasteiger charge is -2.15. The molecular formula is C29H21BrINO4. The number of fused-ring (bicyclic) bond motifs is 1. The Bertz CT molecular complexity index is 1530. The summed E-state index contributed by atoms with van der Waals surface area (Å²) >= 11 is 5.71. The van der Waals surface area contributed by atoms with E-state index in [9.17, 15) is 4.79 Å². The maximum Gasteiger partial charge on any atom is 0.363 e. The van der Waals surface area contributed by atoms with Crippen molar-refractivity contribution >= 4 is 67.2 Å². The highest BCUT2D eigenvalue weighted by atomic mass is 127. The zero-order chi connectivity index (χ0) is 25.1. The van der Waals surface area contributed by atoms with Gasteiger partial charge in [-0.05, 0) is 93.9 Å². The molecule has 36 heavy (non-hydrogen) atoms. The summed E-state index contributed by atoms with van der Waals surface area (Å²) in [6.45, 7) is 2.81. The summed E-state index contributed by atoms with van der Waals surface area (Å²) in [7, 11) is 0. The molecule has 0 saturated heterocycles. The van der Waals surface area contributed by atoms with Crippen molar-refractivity contribution in [3.8, 4) is 11.5 Å². The molecule has 180 valence electrons. The first-order valence-corrected chi connectivity index (χ1v) is 13.2. The topological polar surface area (TPSA) is 57.1 Å². The summed E-state index contributed by atoms with van der Waals surface area (Å²) < 4.78 is 19.4. The van der Waals surface area contributed by atoms with E-state index in [0.29, 0.717) is 30.6 Å². The van der Waals surface area contributed by atoms with Gasteiger partial charge in [0.1, 0.15) is 6.61 Å². The monoisotopic (exact) mass is 653 g/mol. The van der Waals surface area contributed by atoms with Crippen LogP contribution in [-0.2, 0) is 16.1 Å². The first-order valence-electron chi connectivity index (χ1n) is 11.4. The highest BCUT2D eigenvalue weighted by Gasteiger charge is 2.25. The first-order chi connectivity index (χ1) is 17.5. The van der Waals surface area contributed by atoms with Crippen LogP contribution in [0.1, 0.15) is 23.6 Å². The van der Waals surface area contributed by atoms with E-state index in [4.69, 9.17) is 14.2 Å². The summed E-state index contributed by atoms with van der Waals surface area (Å²) in [6.07, 6.45) is 1.71. The van der Waals surface area contributed by atoms with Crippen LogP contribution < -0.4 is 9.47 Å². The normalized spacial score (nSPS) is 14.1. The van der Waals surface area contributed by atoms with Crippen molar-refractivity contribution in [1.82, 2.24) is 0 Å². The average Bonchev–Trinajstić information content (AvgIpc) is 3.23. The summed E-state index contributed by atoms with van der Waals surface area (Å²) in [5, 5.41) is 2.17. The molecule has 0 saturated carbocycles. The van der Waals surface area contributed by atoms with Crippen LogP contribution in [0.3, 0.4) is 0 Å². The van der Waals surface area contributed by atoms with Gasteiger partial charge in [0.05, 0.1) is 10.2 Å². The first kappa shape index (κ1) is 24.5. The molecule has 1 aliphatic rings. The number of ether oxygens (including phenoxy) is 3. The zero-order valence-corrected chi connectivity index (χ0v) is 23.1. The third-order valence-corrected chi connectivity index (χ3v) is 6.82. The molecule has 0 atom stereocenters. The van der Waals surface area contributed by atoms with Gasteiger partial charge in [0.25, 0.3) is 0 Å². The van der Waals surface area contributed by atoms with E-state index in [1.807, 2.05) is 85.8 Å². The molecule has 0 aromatic heterocycles. The fourth-order valence-corrected chi connectivity index (χ4v) is 5.10. The summed E-state index contributed by atoms with van der Waals surface area (Å²) in [6, 6.07) is 25.7. The molecule has 4 aromatic carbocycles. The third kappa shape index (κ3) is 5.47. The number of nitrogens with zero attached hydrogens (tertiary/aromatic N) is 1. The minimum Gasteiger partial charge on any atom is -0.490 e. The Balaban J connectivity index is 1.42. The molecule has 1 aliphatic heterocycles. The number of hydrogen-bond acceptors (Lipinski definition) is 5. The van der Waals surface area contributed by atoms with Crippen molar-refractivity contribution in [2.24, 2.45) is 4.99 Å².